The van der Waals surface area contributed by atoms with Gasteiger partial charge in [0.2, 0.25) is 0 Å². The van der Waals surface area contributed by atoms with Gasteiger partial charge in [0.15, 0.2) is 27.3 Å². The van der Waals surface area contributed by atoms with Gasteiger partial charge in [-0.3, -0.25) is 0 Å². The standard InChI is InChI=1S/C17H27N3O5S.HI/c1-3-18-17(20-14-6-9-26(22,23)12-14)19-11-13-4-5-15(25-8-7-21)16(10-13)24-2;/h4-5,10,14,21H,3,6-9,11-12H2,1-2H3,(H2,18,19,20);1H. The zero-order chi connectivity index (χ0) is 19.0. The van der Waals surface area contributed by atoms with E-state index in [0.717, 1.165) is 5.56 Å². The molecule has 1 atom stereocenters. The number of nitrogens with one attached hydrogen (secondary N) is 2. The van der Waals surface area contributed by atoms with Crippen LogP contribution in [-0.4, -0.2) is 63.9 Å². The number of benzene rings is 1. The van der Waals surface area contributed by atoms with Crippen LogP contribution in [0.4, 0.5) is 0 Å². The number of hydrogen-bond donors (Lipinski definition) is 3. The van der Waals surface area contributed by atoms with Gasteiger partial charge < -0.3 is 25.2 Å². The fourth-order valence-corrected chi connectivity index (χ4v) is 4.35. The van der Waals surface area contributed by atoms with E-state index in [9.17, 15) is 8.42 Å². The van der Waals surface area contributed by atoms with Gasteiger partial charge in [0.1, 0.15) is 6.61 Å². The van der Waals surface area contributed by atoms with Crippen LogP contribution in [0.2, 0.25) is 0 Å². The Bertz CT molecular complexity index is 727. The second kappa shape index (κ2) is 11.5. The third kappa shape index (κ3) is 7.70. The van der Waals surface area contributed by atoms with Gasteiger partial charge >= 0.3 is 0 Å². The third-order valence-electron chi connectivity index (χ3n) is 3.91. The van der Waals surface area contributed by atoms with Crippen LogP contribution in [0, 0.1) is 0 Å². The highest BCUT2D eigenvalue weighted by Gasteiger charge is 2.28. The molecule has 0 spiro atoms. The molecule has 2 rings (SSSR count). The van der Waals surface area contributed by atoms with Crippen LogP contribution in [0.25, 0.3) is 0 Å². The minimum atomic E-state index is -2.94. The van der Waals surface area contributed by atoms with E-state index in [1.165, 1.54) is 0 Å². The Balaban J connectivity index is 0.00000364. The van der Waals surface area contributed by atoms with Crippen LogP contribution in [0.15, 0.2) is 23.2 Å². The first-order valence-corrected chi connectivity index (χ1v) is 10.5. The predicted molar refractivity (Wildman–Crippen MR) is 116 cm³/mol. The van der Waals surface area contributed by atoms with Gasteiger partial charge in [-0.2, -0.15) is 0 Å². The fourth-order valence-electron chi connectivity index (χ4n) is 2.68. The molecule has 1 fully saturated rings. The van der Waals surface area contributed by atoms with Gasteiger partial charge in [-0.05, 0) is 31.0 Å². The lowest BCUT2D eigenvalue weighted by atomic mass is 10.2. The molecule has 3 N–H and O–H groups in total. The first kappa shape index (κ1) is 23.8. The lowest BCUT2D eigenvalue weighted by Gasteiger charge is -2.16. The molecule has 27 heavy (non-hydrogen) atoms. The maximum atomic E-state index is 11.6. The van der Waals surface area contributed by atoms with E-state index in [2.05, 4.69) is 15.6 Å². The summed E-state index contributed by atoms with van der Waals surface area (Å²) in [6.07, 6.45) is 0.595. The van der Waals surface area contributed by atoms with Crippen LogP contribution < -0.4 is 20.1 Å². The number of aliphatic hydroxyl groups is 1. The molecule has 1 aliphatic heterocycles. The number of rotatable bonds is 8. The molecule has 0 bridgehead atoms. The molecule has 0 aromatic heterocycles. The molecule has 1 saturated heterocycles. The van der Waals surface area contributed by atoms with Gasteiger partial charge in [0.05, 0.1) is 31.8 Å². The number of ether oxygens (including phenoxy) is 2. The summed E-state index contributed by atoms with van der Waals surface area (Å²) in [7, 11) is -1.38. The van der Waals surface area contributed by atoms with Crippen LogP contribution in [0.3, 0.4) is 0 Å². The van der Waals surface area contributed by atoms with Crippen molar-refractivity contribution in [3.63, 3.8) is 0 Å². The molecular weight excluding hydrogens is 485 g/mol. The summed E-state index contributed by atoms with van der Waals surface area (Å²) in [5.41, 5.74) is 0.925. The number of nitrogens with zero attached hydrogens (tertiary/aromatic N) is 1. The van der Waals surface area contributed by atoms with E-state index in [-0.39, 0.29) is 54.7 Å². The third-order valence-corrected chi connectivity index (χ3v) is 5.68. The Morgan fingerprint density at radius 3 is 2.74 bits per heavy atom. The number of guanidine groups is 1. The highest BCUT2D eigenvalue weighted by Crippen LogP contribution is 2.28. The van der Waals surface area contributed by atoms with E-state index in [4.69, 9.17) is 14.6 Å². The van der Waals surface area contributed by atoms with Crippen molar-refractivity contribution in [3.8, 4) is 11.5 Å². The van der Waals surface area contributed by atoms with Crippen molar-refractivity contribution in [1.82, 2.24) is 10.6 Å². The van der Waals surface area contributed by atoms with Gasteiger partial charge in [-0.25, -0.2) is 13.4 Å². The summed E-state index contributed by atoms with van der Waals surface area (Å²) in [5.74, 6) is 2.09. The Morgan fingerprint density at radius 2 is 2.15 bits per heavy atom. The van der Waals surface area contributed by atoms with Gasteiger partial charge in [-0.1, -0.05) is 6.07 Å². The maximum Gasteiger partial charge on any atom is 0.191 e. The van der Waals surface area contributed by atoms with Gasteiger partial charge in [0.25, 0.3) is 0 Å². The van der Waals surface area contributed by atoms with E-state index in [0.29, 0.717) is 37.0 Å². The second-order valence-corrected chi connectivity index (χ2v) is 8.23. The summed E-state index contributed by atoms with van der Waals surface area (Å²) < 4.78 is 33.9. The molecule has 1 unspecified atom stereocenters. The second-order valence-electron chi connectivity index (χ2n) is 6.00. The van der Waals surface area contributed by atoms with E-state index < -0.39 is 9.84 Å². The molecule has 0 aliphatic carbocycles. The molecule has 1 aliphatic rings. The minimum absolute atomic E-state index is 0. The Kier molecular flexibility index (Phi) is 10.2. The first-order valence-electron chi connectivity index (χ1n) is 8.63. The zero-order valence-corrected chi connectivity index (χ0v) is 18.7. The van der Waals surface area contributed by atoms with Crippen LogP contribution >= 0.6 is 24.0 Å². The number of hydrogen-bond acceptors (Lipinski definition) is 6. The van der Waals surface area contributed by atoms with Crippen molar-refractivity contribution in [1.29, 1.82) is 0 Å². The molecule has 1 aromatic carbocycles. The average molecular weight is 513 g/mol. The number of aliphatic imine (C=N–C) groups is 1. The first-order chi connectivity index (χ1) is 12.5. The summed E-state index contributed by atoms with van der Waals surface area (Å²) in [5, 5.41) is 15.2. The molecule has 0 radical (unpaired) electrons. The smallest absolute Gasteiger partial charge is 0.191 e. The zero-order valence-electron chi connectivity index (χ0n) is 15.6. The molecular formula is C17H28IN3O5S. The molecule has 1 heterocycles. The summed E-state index contributed by atoms with van der Waals surface area (Å²) in [4.78, 5) is 4.53. The number of aliphatic hydroxyl groups excluding tert-OH is 1. The normalized spacial score (nSPS) is 18.5. The SMILES string of the molecule is CCNC(=NCc1ccc(OCCO)c(OC)c1)NC1CCS(=O)(=O)C1.I. The molecule has 154 valence electrons. The van der Waals surface area contributed by atoms with Crippen LogP contribution in [0.1, 0.15) is 18.9 Å². The Labute approximate surface area is 177 Å². The summed E-state index contributed by atoms with van der Waals surface area (Å²) >= 11 is 0. The van der Waals surface area contributed by atoms with Gasteiger partial charge in [0, 0.05) is 12.6 Å². The van der Waals surface area contributed by atoms with Crippen molar-refractivity contribution in [3.05, 3.63) is 23.8 Å². The van der Waals surface area contributed by atoms with Crippen molar-refractivity contribution < 1.29 is 23.0 Å². The lowest BCUT2D eigenvalue weighted by molar-refractivity contribution is 0.196. The van der Waals surface area contributed by atoms with E-state index >= 15 is 0 Å². The molecule has 10 heteroatoms. The lowest BCUT2D eigenvalue weighted by Crippen LogP contribution is -2.44. The van der Waals surface area contributed by atoms with Crippen molar-refractivity contribution >= 4 is 39.8 Å². The average Bonchev–Trinajstić information content (AvgIpc) is 2.96. The predicted octanol–water partition coefficient (Wildman–Crippen LogP) is 0.927. The Hall–Kier alpha value is -1.27. The molecule has 1 aromatic rings. The highest BCUT2D eigenvalue weighted by molar-refractivity contribution is 14.0. The van der Waals surface area contributed by atoms with Crippen LogP contribution in [0.5, 0.6) is 11.5 Å². The molecule has 0 saturated carbocycles. The number of sulfone groups is 1. The van der Waals surface area contributed by atoms with E-state index in [1.54, 1.807) is 13.2 Å². The van der Waals surface area contributed by atoms with Crippen molar-refractivity contribution in [2.24, 2.45) is 4.99 Å². The monoisotopic (exact) mass is 513 g/mol. The molecule has 0 amide bonds. The topological polar surface area (TPSA) is 109 Å². The van der Waals surface area contributed by atoms with Gasteiger partial charge in [-0.15, -0.1) is 24.0 Å². The Morgan fingerprint density at radius 1 is 1.37 bits per heavy atom. The van der Waals surface area contributed by atoms with Crippen molar-refractivity contribution in [2.45, 2.75) is 25.9 Å². The number of methoxy groups -OCH3 is 1. The van der Waals surface area contributed by atoms with Crippen LogP contribution in [-0.2, 0) is 16.4 Å². The number of halogens is 1. The maximum absolute atomic E-state index is 11.6. The summed E-state index contributed by atoms with van der Waals surface area (Å²) in [6.45, 7) is 3.18. The highest BCUT2D eigenvalue weighted by atomic mass is 127. The quantitative estimate of drug-likeness (QED) is 0.270. The fraction of sp³-hybridized carbons (Fsp3) is 0.588. The minimum Gasteiger partial charge on any atom is -0.493 e. The summed E-state index contributed by atoms with van der Waals surface area (Å²) in [6, 6.07) is 5.38. The largest absolute Gasteiger partial charge is 0.493 e. The van der Waals surface area contributed by atoms with Crippen molar-refractivity contribution in [2.75, 3.05) is 38.4 Å². The molecule has 8 nitrogen and oxygen atoms in total. The van der Waals surface area contributed by atoms with E-state index in [1.807, 2.05) is 19.1 Å².